The molecule has 0 aromatic heterocycles. The predicted octanol–water partition coefficient (Wildman–Crippen LogP) is 3.45. The predicted molar refractivity (Wildman–Crippen MR) is 101 cm³/mol. The number of fused-ring (bicyclic) bond motifs is 5. The maximum Gasteiger partial charge on any atom is 0.161 e. The molecule has 0 amide bonds. The van der Waals surface area contributed by atoms with E-state index in [2.05, 4.69) is 6.92 Å². The van der Waals surface area contributed by atoms with Crippen molar-refractivity contribution in [3.63, 3.8) is 0 Å². The van der Waals surface area contributed by atoms with Gasteiger partial charge in [0.25, 0.3) is 0 Å². The summed E-state index contributed by atoms with van der Waals surface area (Å²) in [5, 5.41) is 9.50. The molecule has 0 spiro atoms. The standard InChI is InChI=1S/C23H30O4/c1-22-10-7-16(26)13-15(22)3-4-17-18(22)8-11-23(9-2-12-24)19(17)5-6-20(23)21(27)14-25/h2,13,17-20,25H,3-11,14H2,1H3/t17-,18+,19+,20-,22+,23+/m1/s1. The molecule has 0 aliphatic heterocycles. The fraction of sp³-hybridized carbons (Fsp3) is 0.739. The maximum atomic E-state index is 12.5. The van der Waals surface area contributed by atoms with E-state index in [-0.39, 0.29) is 28.3 Å². The molecule has 1 N–H and O–H groups in total. The molecule has 0 aromatic carbocycles. The lowest BCUT2D eigenvalue weighted by Gasteiger charge is -2.58. The van der Waals surface area contributed by atoms with Crippen molar-refractivity contribution in [3.8, 4) is 0 Å². The van der Waals surface area contributed by atoms with Crippen LogP contribution in [-0.2, 0) is 14.4 Å². The highest BCUT2D eigenvalue weighted by Crippen LogP contribution is 2.67. The second-order valence-corrected chi connectivity index (χ2v) is 9.52. The highest BCUT2D eigenvalue weighted by Gasteiger charge is 2.61. The number of aliphatic hydroxyl groups is 1. The topological polar surface area (TPSA) is 71.4 Å². The smallest absolute Gasteiger partial charge is 0.161 e. The third kappa shape index (κ3) is 2.72. The van der Waals surface area contributed by atoms with E-state index in [0.29, 0.717) is 30.6 Å². The summed E-state index contributed by atoms with van der Waals surface area (Å²) in [7, 11) is 0. The Hall–Kier alpha value is -1.51. The van der Waals surface area contributed by atoms with Crippen molar-refractivity contribution in [1.82, 2.24) is 0 Å². The molecule has 3 fully saturated rings. The van der Waals surface area contributed by atoms with E-state index >= 15 is 0 Å². The van der Waals surface area contributed by atoms with E-state index < -0.39 is 6.61 Å². The first-order valence-corrected chi connectivity index (χ1v) is 10.5. The van der Waals surface area contributed by atoms with E-state index in [9.17, 15) is 19.5 Å². The van der Waals surface area contributed by atoms with Gasteiger partial charge < -0.3 is 5.11 Å². The molecule has 4 rings (SSSR count). The monoisotopic (exact) mass is 370 g/mol. The van der Waals surface area contributed by atoms with Crippen molar-refractivity contribution in [2.75, 3.05) is 6.61 Å². The summed E-state index contributed by atoms with van der Waals surface area (Å²) in [6, 6.07) is 0. The van der Waals surface area contributed by atoms with Gasteiger partial charge in [-0.1, -0.05) is 12.5 Å². The minimum Gasteiger partial charge on any atom is -0.389 e. The van der Waals surface area contributed by atoms with Gasteiger partial charge in [-0.3, -0.25) is 9.59 Å². The third-order valence-corrected chi connectivity index (χ3v) is 8.79. The Bertz CT molecular complexity index is 731. The Balaban J connectivity index is 1.69. The largest absolute Gasteiger partial charge is 0.389 e. The number of carbonyl (C=O) groups is 2. The van der Waals surface area contributed by atoms with Gasteiger partial charge in [-0.25, -0.2) is 4.79 Å². The van der Waals surface area contributed by atoms with Gasteiger partial charge in [-0.15, -0.1) is 0 Å². The fourth-order valence-corrected chi connectivity index (χ4v) is 7.59. The molecule has 0 radical (unpaired) electrons. The number of aliphatic hydroxyl groups excluding tert-OH is 1. The third-order valence-electron chi connectivity index (χ3n) is 8.79. The molecule has 4 heteroatoms. The first-order chi connectivity index (χ1) is 13.0. The molecule has 4 aliphatic rings. The van der Waals surface area contributed by atoms with E-state index in [1.165, 1.54) is 5.57 Å². The van der Waals surface area contributed by atoms with Crippen molar-refractivity contribution in [2.45, 2.75) is 64.7 Å². The molecule has 4 nitrogen and oxygen atoms in total. The molecule has 0 heterocycles. The molecule has 6 atom stereocenters. The van der Waals surface area contributed by atoms with Crippen molar-refractivity contribution in [1.29, 1.82) is 0 Å². The lowest BCUT2D eigenvalue weighted by Crippen LogP contribution is -2.52. The average Bonchev–Trinajstić information content (AvgIpc) is 3.06. The molecular weight excluding hydrogens is 340 g/mol. The van der Waals surface area contributed by atoms with Gasteiger partial charge in [0.15, 0.2) is 11.6 Å². The number of carbonyl (C=O) groups excluding carboxylic acids is 3. The van der Waals surface area contributed by atoms with Gasteiger partial charge in [-0.05, 0) is 86.0 Å². The van der Waals surface area contributed by atoms with Crippen LogP contribution in [0.5, 0.6) is 0 Å². The first-order valence-electron chi connectivity index (χ1n) is 10.5. The van der Waals surface area contributed by atoms with Gasteiger partial charge in [0.2, 0.25) is 0 Å². The quantitative estimate of drug-likeness (QED) is 0.770. The van der Waals surface area contributed by atoms with Crippen LogP contribution in [0.4, 0.5) is 0 Å². The van der Waals surface area contributed by atoms with Gasteiger partial charge >= 0.3 is 0 Å². The van der Waals surface area contributed by atoms with Crippen LogP contribution in [0.15, 0.2) is 17.7 Å². The number of rotatable bonds is 4. The zero-order valence-corrected chi connectivity index (χ0v) is 16.2. The van der Waals surface area contributed by atoms with Gasteiger partial charge in [0.05, 0.1) is 0 Å². The van der Waals surface area contributed by atoms with E-state index in [0.717, 1.165) is 44.9 Å². The van der Waals surface area contributed by atoms with Gasteiger partial charge in [0.1, 0.15) is 12.5 Å². The fourth-order valence-electron chi connectivity index (χ4n) is 7.59. The summed E-state index contributed by atoms with van der Waals surface area (Å²) < 4.78 is 0. The molecular formula is C23H30O4. The molecule has 0 bridgehead atoms. The van der Waals surface area contributed by atoms with Crippen LogP contribution in [0.1, 0.15) is 64.7 Å². The molecule has 27 heavy (non-hydrogen) atoms. The van der Waals surface area contributed by atoms with Crippen LogP contribution in [0.3, 0.4) is 0 Å². The summed E-state index contributed by atoms with van der Waals surface area (Å²) in [5.74, 6) is 3.56. The van der Waals surface area contributed by atoms with Gasteiger partial charge in [0, 0.05) is 18.4 Å². The Morgan fingerprint density at radius 2 is 2.04 bits per heavy atom. The second kappa shape index (κ2) is 6.83. The number of ketones is 2. The Kier molecular flexibility index (Phi) is 4.76. The highest BCUT2D eigenvalue weighted by molar-refractivity contribution is 5.91. The lowest BCUT2D eigenvalue weighted by atomic mass is 9.46. The minimum absolute atomic E-state index is 0.0545. The van der Waals surface area contributed by atoms with Crippen molar-refractivity contribution < 1.29 is 19.5 Å². The summed E-state index contributed by atoms with van der Waals surface area (Å²) in [6.07, 6.45) is 11.6. The van der Waals surface area contributed by atoms with Crippen LogP contribution >= 0.6 is 0 Å². The second-order valence-electron chi connectivity index (χ2n) is 9.52. The Morgan fingerprint density at radius 3 is 2.78 bits per heavy atom. The molecule has 3 saturated carbocycles. The summed E-state index contributed by atoms with van der Waals surface area (Å²) in [6.45, 7) is 1.95. The lowest BCUT2D eigenvalue weighted by molar-refractivity contribution is -0.134. The van der Waals surface area contributed by atoms with Crippen molar-refractivity contribution >= 4 is 17.5 Å². The normalized spacial score (nSPS) is 43.0. The van der Waals surface area contributed by atoms with Crippen LogP contribution in [0, 0.1) is 34.5 Å². The first kappa shape index (κ1) is 18.8. The van der Waals surface area contributed by atoms with Crippen LogP contribution in [-0.4, -0.2) is 29.2 Å². The van der Waals surface area contributed by atoms with Crippen LogP contribution in [0.25, 0.3) is 0 Å². The zero-order valence-electron chi connectivity index (χ0n) is 16.2. The number of hydrogen-bond acceptors (Lipinski definition) is 4. The summed E-state index contributed by atoms with van der Waals surface area (Å²) >= 11 is 0. The number of Topliss-reactive ketones (excluding diaryl/α,β-unsaturated/α-hetero) is 1. The molecule has 4 aliphatic carbocycles. The Morgan fingerprint density at radius 1 is 1.22 bits per heavy atom. The number of hydrogen-bond donors (Lipinski definition) is 1. The van der Waals surface area contributed by atoms with Crippen molar-refractivity contribution in [2.24, 2.45) is 34.5 Å². The van der Waals surface area contributed by atoms with Crippen LogP contribution in [0.2, 0.25) is 0 Å². The summed E-state index contributed by atoms with van der Waals surface area (Å²) in [4.78, 5) is 35.4. The summed E-state index contributed by atoms with van der Waals surface area (Å²) in [5.41, 5.74) is 1.28. The van der Waals surface area contributed by atoms with Gasteiger partial charge in [-0.2, -0.15) is 0 Å². The van der Waals surface area contributed by atoms with E-state index in [1.807, 2.05) is 12.0 Å². The molecule has 0 saturated heterocycles. The van der Waals surface area contributed by atoms with Crippen LogP contribution < -0.4 is 0 Å². The SMILES string of the molecule is C[C@]12CCC(=O)C=C1CC[C@H]1[C@@H]3CC[C@H](C(=O)CO)[C@@]3(CC=C=O)CC[C@@H]12. The highest BCUT2D eigenvalue weighted by atomic mass is 16.3. The Labute approximate surface area is 161 Å². The molecule has 146 valence electrons. The average molecular weight is 370 g/mol. The maximum absolute atomic E-state index is 12.5. The van der Waals surface area contributed by atoms with Crippen molar-refractivity contribution in [3.05, 3.63) is 17.7 Å². The van der Waals surface area contributed by atoms with E-state index in [4.69, 9.17) is 0 Å². The molecule has 0 aromatic rings. The van der Waals surface area contributed by atoms with E-state index in [1.54, 1.807) is 6.08 Å². The number of allylic oxidation sites excluding steroid dienone is 2. The molecule has 0 unspecified atom stereocenters. The zero-order chi connectivity index (χ0) is 19.2. The minimum atomic E-state index is -0.398.